The second-order valence-electron chi connectivity index (χ2n) is 4.98. The first-order valence-corrected chi connectivity index (χ1v) is 6.73. The molecule has 2 aromatic rings. The van der Waals surface area contributed by atoms with Gasteiger partial charge in [-0.1, -0.05) is 18.2 Å². The van der Waals surface area contributed by atoms with E-state index in [0.717, 1.165) is 16.9 Å². The zero-order valence-electron chi connectivity index (χ0n) is 12.5. The number of anilines is 1. The summed E-state index contributed by atoms with van der Waals surface area (Å²) in [5.74, 6) is 0.777. The second kappa shape index (κ2) is 6.31. The highest BCUT2D eigenvalue weighted by Crippen LogP contribution is 2.23. The summed E-state index contributed by atoms with van der Waals surface area (Å²) in [6.45, 7) is 3.88. The summed E-state index contributed by atoms with van der Waals surface area (Å²) in [5, 5.41) is 9.26. The molecule has 0 atom stereocenters. The number of aryl methyl sites for hydroxylation is 2. The molecule has 0 heterocycles. The number of aromatic hydroxyl groups is 1. The molecule has 0 fully saturated rings. The van der Waals surface area contributed by atoms with E-state index in [0.29, 0.717) is 5.69 Å². The molecule has 0 saturated heterocycles. The fourth-order valence-corrected chi connectivity index (χ4v) is 2.08. The number of ether oxygens (including phenoxy) is 1. The van der Waals surface area contributed by atoms with Crippen LogP contribution in [0.1, 0.15) is 11.1 Å². The minimum absolute atomic E-state index is 0.0247. The van der Waals surface area contributed by atoms with Gasteiger partial charge in [-0.25, -0.2) is 0 Å². The second-order valence-corrected chi connectivity index (χ2v) is 4.98. The van der Waals surface area contributed by atoms with Crippen molar-refractivity contribution in [2.75, 3.05) is 18.6 Å². The molecule has 21 heavy (non-hydrogen) atoms. The van der Waals surface area contributed by atoms with Crippen LogP contribution in [0.25, 0.3) is 0 Å². The third kappa shape index (κ3) is 3.54. The smallest absolute Gasteiger partial charge is 0.264 e. The quantitative estimate of drug-likeness (QED) is 0.939. The molecule has 2 rings (SSSR count). The molecule has 0 saturated carbocycles. The van der Waals surface area contributed by atoms with E-state index in [1.807, 2.05) is 32.0 Å². The van der Waals surface area contributed by atoms with Gasteiger partial charge in [0.1, 0.15) is 11.5 Å². The SMILES string of the molecule is Cc1cccc(C)c1OCC(=O)N(C)c1ccc(O)cc1. The number of nitrogens with zero attached hydrogens (tertiary/aromatic N) is 1. The lowest BCUT2D eigenvalue weighted by atomic mass is 10.1. The summed E-state index contributed by atoms with van der Waals surface area (Å²) in [6.07, 6.45) is 0. The highest BCUT2D eigenvalue weighted by molar-refractivity contribution is 5.93. The predicted molar refractivity (Wildman–Crippen MR) is 82.9 cm³/mol. The van der Waals surface area contributed by atoms with E-state index in [9.17, 15) is 9.90 Å². The normalized spacial score (nSPS) is 10.2. The molecular weight excluding hydrogens is 266 g/mol. The fraction of sp³-hybridized carbons (Fsp3) is 0.235. The minimum Gasteiger partial charge on any atom is -0.508 e. The Labute approximate surface area is 124 Å². The Morgan fingerprint density at radius 1 is 1.10 bits per heavy atom. The van der Waals surface area contributed by atoms with Crippen LogP contribution in [0.2, 0.25) is 0 Å². The Balaban J connectivity index is 2.03. The van der Waals surface area contributed by atoms with Crippen molar-refractivity contribution in [2.45, 2.75) is 13.8 Å². The van der Waals surface area contributed by atoms with Crippen molar-refractivity contribution >= 4 is 11.6 Å². The number of carbonyl (C=O) groups excluding carboxylic acids is 1. The van der Waals surface area contributed by atoms with Gasteiger partial charge in [-0.15, -0.1) is 0 Å². The van der Waals surface area contributed by atoms with Crippen LogP contribution in [0.3, 0.4) is 0 Å². The van der Waals surface area contributed by atoms with E-state index in [4.69, 9.17) is 4.74 Å². The average Bonchev–Trinajstić information content (AvgIpc) is 2.46. The lowest BCUT2D eigenvalue weighted by Crippen LogP contribution is -2.31. The Hall–Kier alpha value is -2.49. The third-order valence-corrected chi connectivity index (χ3v) is 3.36. The van der Waals surface area contributed by atoms with Crippen molar-refractivity contribution in [3.05, 3.63) is 53.6 Å². The Kier molecular flexibility index (Phi) is 4.48. The van der Waals surface area contributed by atoms with Crippen LogP contribution < -0.4 is 9.64 Å². The van der Waals surface area contributed by atoms with Gasteiger partial charge in [0.15, 0.2) is 6.61 Å². The Bertz CT molecular complexity index is 615. The van der Waals surface area contributed by atoms with Crippen LogP contribution in [-0.2, 0) is 4.79 Å². The molecule has 0 aromatic heterocycles. The first-order chi connectivity index (χ1) is 9.99. The van der Waals surface area contributed by atoms with Crippen molar-refractivity contribution in [3.63, 3.8) is 0 Å². The Morgan fingerprint density at radius 2 is 1.67 bits per heavy atom. The zero-order chi connectivity index (χ0) is 15.4. The lowest BCUT2D eigenvalue weighted by Gasteiger charge is -2.18. The number of benzene rings is 2. The fourth-order valence-electron chi connectivity index (χ4n) is 2.08. The van der Waals surface area contributed by atoms with Gasteiger partial charge in [0.05, 0.1) is 0 Å². The molecule has 2 aromatic carbocycles. The van der Waals surface area contributed by atoms with Crippen LogP contribution in [0.4, 0.5) is 5.69 Å². The van der Waals surface area contributed by atoms with E-state index >= 15 is 0 Å². The molecule has 0 unspecified atom stereocenters. The molecule has 0 aliphatic carbocycles. The number of rotatable bonds is 4. The van der Waals surface area contributed by atoms with Gasteiger partial charge < -0.3 is 14.7 Å². The average molecular weight is 285 g/mol. The molecule has 0 aliphatic rings. The topological polar surface area (TPSA) is 49.8 Å². The van der Waals surface area contributed by atoms with Crippen LogP contribution in [0, 0.1) is 13.8 Å². The van der Waals surface area contributed by atoms with Crippen molar-refractivity contribution < 1.29 is 14.6 Å². The summed E-state index contributed by atoms with van der Waals surface area (Å²) >= 11 is 0. The van der Waals surface area contributed by atoms with Crippen molar-refractivity contribution in [1.29, 1.82) is 0 Å². The number of phenols is 1. The maximum absolute atomic E-state index is 12.2. The van der Waals surface area contributed by atoms with Crippen LogP contribution in [0.5, 0.6) is 11.5 Å². The number of para-hydroxylation sites is 1. The largest absolute Gasteiger partial charge is 0.508 e. The summed E-state index contributed by atoms with van der Waals surface area (Å²) in [7, 11) is 1.68. The zero-order valence-corrected chi connectivity index (χ0v) is 12.5. The molecule has 0 radical (unpaired) electrons. The van der Waals surface area contributed by atoms with Gasteiger partial charge in [0, 0.05) is 12.7 Å². The number of hydrogen-bond donors (Lipinski definition) is 1. The van der Waals surface area contributed by atoms with Crippen LogP contribution >= 0.6 is 0 Å². The van der Waals surface area contributed by atoms with Crippen LogP contribution in [-0.4, -0.2) is 24.7 Å². The highest BCUT2D eigenvalue weighted by atomic mass is 16.5. The summed E-state index contributed by atoms with van der Waals surface area (Å²) in [5.41, 5.74) is 2.73. The number of amides is 1. The minimum atomic E-state index is -0.150. The van der Waals surface area contributed by atoms with Crippen molar-refractivity contribution in [1.82, 2.24) is 0 Å². The monoisotopic (exact) mass is 285 g/mol. The summed E-state index contributed by atoms with van der Waals surface area (Å²) in [6, 6.07) is 12.3. The van der Waals surface area contributed by atoms with Crippen LogP contribution in [0.15, 0.2) is 42.5 Å². The van der Waals surface area contributed by atoms with E-state index in [1.54, 1.807) is 31.3 Å². The van der Waals surface area contributed by atoms with Gasteiger partial charge in [-0.3, -0.25) is 4.79 Å². The molecule has 0 spiro atoms. The summed E-state index contributed by atoms with van der Waals surface area (Å²) < 4.78 is 5.66. The van der Waals surface area contributed by atoms with E-state index in [2.05, 4.69) is 0 Å². The van der Waals surface area contributed by atoms with Crippen molar-refractivity contribution in [3.8, 4) is 11.5 Å². The molecule has 1 amide bonds. The van der Waals surface area contributed by atoms with Gasteiger partial charge in [-0.2, -0.15) is 0 Å². The predicted octanol–water partition coefficient (Wildman–Crippen LogP) is 3.05. The van der Waals surface area contributed by atoms with Gasteiger partial charge >= 0.3 is 0 Å². The maximum atomic E-state index is 12.2. The molecule has 4 nitrogen and oxygen atoms in total. The van der Waals surface area contributed by atoms with Crippen molar-refractivity contribution in [2.24, 2.45) is 0 Å². The molecule has 0 bridgehead atoms. The Morgan fingerprint density at radius 3 is 2.24 bits per heavy atom. The maximum Gasteiger partial charge on any atom is 0.264 e. The number of hydrogen-bond acceptors (Lipinski definition) is 3. The number of carbonyl (C=O) groups is 1. The van der Waals surface area contributed by atoms with E-state index < -0.39 is 0 Å². The third-order valence-electron chi connectivity index (χ3n) is 3.36. The molecule has 110 valence electrons. The van der Waals surface area contributed by atoms with E-state index in [-0.39, 0.29) is 18.3 Å². The molecule has 1 N–H and O–H groups in total. The van der Waals surface area contributed by atoms with E-state index in [1.165, 1.54) is 4.90 Å². The molecular formula is C17H19NO3. The highest BCUT2D eigenvalue weighted by Gasteiger charge is 2.13. The number of phenolic OH excluding ortho intramolecular Hbond substituents is 1. The van der Waals surface area contributed by atoms with Gasteiger partial charge in [0.2, 0.25) is 0 Å². The molecule has 0 aliphatic heterocycles. The first-order valence-electron chi connectivity index (χ1n) is 6.73. The number of likely N-dealkylation sites (N-methyl/N-ethyl adjacent to an activating group) is 1. The van der Waals surface area contributed by atoms with Gasteiger partial charge in [-0.05, 0) is 49.2 Å². The standard InChI is InChI=1S/C17H19NO3/c1-12-5-4-6-13(2)17(12)21-11-16(20)18(3)14-7-9-15(19)10-8-14/h4-10,19H,11H2,1-3H3. The van der Waals surface area contributed by atoms with Gasteiger partial charge in [0.25, 0.3) is 5.91 Å². The summed E-state index contributed by atoms with van der Waals surface area (Å²) in [4.78, 5) is 13.7. The lowest BCUT2D eigenvalue weighted by molar-refractivity contribution is -0.120. The molecule has 4 heteroatoms. The first kappa shape index (κ1) is 14.9.